The Balaban J connectivity index is 1.97. The van der Waals surface area contributed by atoms with Crippen LogP contribution in [-0.4, -0.2) is 26.6 Å². The maximum Gasteiger partial charge on any atom is 0.332 e. The third-order valence-electron chi connectivity index (χ3n) is 4.38. The molecule has 0 aliphatic carbocycles. The summed E-state index contributed by atoms with van der Waals surface area (Å²) in [5.74, 6) is 0.0567. The standard InChI is InChI=1S/C19H19ClN4O4/c1-4-11-9-21-17-15(18(26)24(3)19(27)23(17)2)16(11)22-14(25)10-28-13-7-5-12(20)6-8-13/h5-9H,4,10H2,1-3H3,(H,21,22,25). The highest BCUT2D eigenvalue weighted by Gasteiger charge is 2.18. The molecule has 0 unspecified atom stereocenters. The van der Waals surface area contributed by atoms with Gasteiger partial charge in [0.15, 0.2) is 12.3 Å². The Morgan fingerprint density at radius 1 is 1.18 bits per heavy atom. The largest absolute Gasteiger partial charge is 0.484 e. The monoisotopic (exact) mass is 402 g/mol. The summed E-state index contributed by atoms with van der Waals surface area (Å²) < 4.78 is 7.72. The number of rotatable bonds is 5. The van der Waals surface area contributed by atoms with Gasteiger partial charge in [0.25, 0.3) is 11.5 Å². The predicted molar refractivity (Wildman–Crippen MR) is 107 cm³/mol. The van der Waals surface area contributed by atoms with Crippen molar-refractivity contribution < 1.29 is 9.53 Å². The number of nitrogens with zero attached hydrogens (tertiary/aromatic N) is 3. The van der Waals surface area contributed by atoms with Crippen molar-refractivity contribution in [3.63, 3.8) is 0 Å². The van der Waals surface area contributed by atoms with Gasteiger partial charge in [0.1, 0.15) is 11.1 Å². The summed E-state index contributed by atoms with van der Waals surface area (Å²) in [5, 5.41) is 3.49. The van der Waals surface area contributed by atoms with Gasteiger partial charge in [-0.3, -0.25) is 18.7 Å². The quantitative estimate of drug-likeness (QED) is 0.702. The van der Waals surface area contributed by atoms with Gasteiger partial charge in [-0.15, -0.1) is 0 Å². The van der Waals surface area contributed by atoms with Crippen LogP contribution in [0.1, 0.15) is 12.5 Å². The number of aryl methyl sites for hydroxylation is 2. The average molecular weight is 403 g/mol. The Kier molecular flexibility index (Phi) is 5.51. The third kappa shape index (κ3) is 3.63. The average Bonchev–Trinajstić information content (AvgIpc) is 2.70. The molecule has 0 bridgehead atoms. The number of hydrogen-bond acceptors (Lipinski definition) is 5. The molecule has 1 N–H and O–H groups in total. The number of carbonyl (C=O) groups excluding carboxylic acids is 1. The predicted octanol–water partition coefficient (Wildman–Crippen LogP) is 1.87. The van der Waals surface area contributed by atoms with Crippen LogP contribution in [0.5, 0.6) is 5.75 Å². The van der Waals surface area contributed by atoms with Crippen LogP contribution < -0.4 is 21.3 Å². The number of ether oxygens (including phenoxy) is 1. The highest BCUT2D eigenvalue weighted by molar-refractivity contribution is 6.30. The van der Waals surface area contributed by atoms with Gasteiger partial charge >= 0.3 is 5.69 Å². The maximum absolute atomic E-state index is 12.7. The van der Waals surface area contributed by atoms with Crippen molar-refractivity contribution in [2.45, 2.75) is 13.3 Å². The second kappa shape index (κ2) is 7.85. The van der Waals surface area contributed by atoms with Crippen LogP contribution >= 0.6 is 11.6 Å². The van der Waals surface area contributed by atoms with Crippen molar-refractivity contribution in [2.75, 3.05) is 11.9 Å². The molecular weight excluding hydrogens is 384 g/mol. The number of fused-ring (bicyclic) bond motifs is 1. The fourth-order valence-corrected chi connectivity index (χ4v) is 2.96. The van der Waals surface area contributed by atoms with Gasteiger partial charge in [0.05, 0.1) is 5.69 Å². The summed E-state index contributed by atoms with van der Waals surface area (Å²) in [5.41, 5.74) is 0.225. The first-order valence-electron chi connectivity index (χ1n) is 8.59. The van der Waals surface area contributed by atoms with Gasteiger partial charge in [0, 0.05) is 25.3 Å². The number of aromatic nitrogens is 3. The van der Waals surface area contributed by atoms with E-state index in [0.717, 1.165) is 4.57 Å². The molecule has 0 atom stereocenters. The molecule has 0 aliphatic heterocycles. The van der Waals surface area contributed by atoms with Crippen LogP contribution in [0, 0.1) is 0 Å². The zero-order valence-electron chi connectivity index (χ0n) is 15.7. The smallest absolute Gasteiger partial charge is 0.332 e. The molecule has 3 aromatic rings. The highest BCUT2D eigenvalue weighted by atomic mass is 35.5. The zero-order chi connectivity index (χ0) is 20.4. The number of hydrogen-bond donors (Lipinski definition) is 1. The number of anilines is 1. The Morgan fingerprint density at radius 2 is 1.86 bits per heavy atom. The van der Waals surface area contributed by atoms with E-state index in [1.807, 2.05) is 6.92 Å². The number of carbonyl (C=O) groups is 1. The van der Waals surface area contributed by atoms with E-state index in [2.05, 4.69) is 10.3 Å². The molecule has 1 amide bonds. The fourth-order valence-electron chi connectivity index (χ4n) is 2.83. The van der Waals surface area contributed by atoms with Crippen LogP contribution in [0.2, 0.25) is 5.02 Å². The summed E-state index contributed by atoms with van der Waals surface area (Å²) in [6.07, 6.45) is 2.10. The van der Waals surface area contributed by atoms with Gasteiger partial charge in [-0.1, -0.05) is 18.5 Å². The number of nitrogens with one attached hydrogen (secondary N) is 1. The molecule has 1 aromatic carbocycles. The molecule has 0 fully saturated rings. The molecule has 0 aliphatic rings. The molecule has 2 heterocycles. The molecule has 28 heavy (non-hydrogen) atoms. The summed E-state index contributed by atoms with van der Waals surface area (Å²) in [4.78, 5) is 41.5. The second-order valence-corrected chi connectivity index (χ2v) is 6.64. The molecule has 0 radical (unpaired) electrons. The van der Waals surface area contributed by atoms with Crippen molar-refractivity contribution in [1.29, 1.82) is 0 Å². The summed E-state index contributed by atoms with van der Waals surface area (Å²) in [6.45, 7) is 1.63. The van der Waals surface area contributed by atoms with Crippen LogP contribution in [0.3, 0.4) is 0 Å². The fraction of sp³-hybridized carbons (Fsp3) is 0.263. The molecule has 8 nitrogen and oxygen atoms in total. The SMILES string of the molecule is CCc1cnc2c(c1NC(=O)COc1ccc(Cl)cc1)c(=O)n(C)c(=O)n2C. The maximum atomic E-state index is 12.7. The second-order valence-electron chi connectivity index (χ2n) is 6.21. The number of pyridine rings is 1. The van der Waals surface area contributed by atoms with Gasteiger partial charge in [0.2, 0.25) is 0 Å². The van der Waals surface area contributed by atoms with Gasteiger partial charge in [-0.2, -0.15) is 0 Å². The topological polar surface area (TPSA) is 95.2 Å². The van der Waals surface area contributed by atoms with Crippen LogP contribution in [0.4, 0.5) is 5.69 Å². The van der Waals surface area contributed by atoms with Crippen molar-refractivity contribution in [3.05, 3.63) is 61.9 Å². The van der Waals surface area contributed by atoms with E-state index < -0.39 is 17.2 Å². The molecule has 0 saturated heterocycles. The number of amides is 1. The Bertz CT molecular complexity index is 1170. The van der Waals surface area contributed by atoms with E-state index in [1.54, 1.807) is 30.5 Å². The molecule has 0 saturated carbocycles. The van der Waals surface area contributed by atoms with E-state index >= 15 is 0 Å². The van der Waals surface area contributed by atoms with E-state index in [4.69, 9.17) is 16.3 Å². The minimum Gasteiger partial charge on any atom is -0.484 e. The van der Waals surface area contributed by atoms with Crippen LogP contribution in [0.15, 0.2) is 40.1 Å². The van der Waals surface area contributed by atoms with E-state index in [9.17, 15) is 14.4 Å². The number of benzene rings is 1. The lowest BCUT2D eigenvalue weighted by molar-refractivity contribution is -0.118. The zero-order valence-corrected chi connectivity index (χ0v) is 16.4. The van der Waals surface area contributed by atoms with E-state index in [-0.39, 0.29) is 17.6 Å². The Hall–Kier alpha value is -3.13. The summed E-state index contributed by atoms with van der Waals surface area (Å²) in [7, 11) is 2.91. The molecule has 2 aromatic heterocycles. The van der Waals surface area contributed by atoms with Gasteiger partial charge in [-0.05, 0) is 36.2 Å². The minimum absolute atomic E-state index is 0.184. The first-order valence-corrected chi connectivity index (χ1v) is 8.97. The lowest BCUT2D eigenvalue weighted by Gasteiger charge is -2.15. The van der Waals surface area contributed by atoms with Crippen molar-refractivity contribution in [2.24, 2.45) is 14.1 Å². The molecule has 3 rings (SSSR count). The first-order chi connectivity index (χ1) is 13.3. The summed E-state index contributed by atoms with van der Waals surface area (Å²) in [6, 6.07) is 6.62. The lowest BCUT2D eigenvalue weighted by atomic mass is 10.1. The third-order valence-corrected chi connectivity index (χ3v) is 4.63. The van der Waals surface area contributed by atoms with E-state index in [1.165, 1.54) is 18.7 Å². The summed E-state index contributed by atoms with van der Waals surface area (Å²) >= 11 is 5.83. The van der Waals surface area contributed by atoms with Crippen molar-refractivity contribution in [1.82, 2.24) is 14.1 Å². The van der Waals surface area contributed by atoms with Crippen molar-refractivity contribution >= 4 is 34.2 Å². The van der Waals surface area contributed by atoms with Crippen molar-refractivity contribution in [3.8, 4) is 5.75 Å². The molecule has 0 spiro atoms. The van der Waals surface area contributed by atoms with Crippen LogP contribution in [-0.2, 0) is 25.3 Å². The minimum atomic E-state index is -0.519. The Labute approximate surface area is 165 Å². The van der Waals surface area contributed by atoms with Gasteiger partial charge < -0.3 is 10.1 Å². The van der Waals surface area contributed by atoms with Crippen LogP contribution in [0.25, 0.3) is 11.0 Å². The normalized spacial score (nSPS) is 10.9. The van der Waals surface area contributed by atoms with E-state index in [0.29, 0.717) is 28.4 Å². The molecule has 9 heteroatoms. The molecular formula is C19H19ClN4O4. The molecule has 146 valence electrons. The lowest BCUT2D eigenvalue weighted by Crippen LogP contribution is -2.38. The Morgan fingerprint density at radius 3 is 2.50 bits per heavy atom. The number of halogens is 1. The van der Waals surface area contributed by atoms with Gasteiger partial charge in [-0.25, -0.2) is 9.78 Å². The highest BCUT2D eigenvalue weighted by Crippen LogP contribution is 2.23. The first kappa shape index (κ1) is 19.6.